The summed E-state index contributed by atoms with van der Waals surface area (Å²) >= 11 is 12.0. The van der Waals surface area contributed by atoms with Crippen molar-refractivity contribution in [2.75, 3.05) is 10.6 Å². The van der Waals surface area contributed by atoms with Crippen LogP contribution in [0.1, 0.15) is 5.56 Å². The Morgan fingerprint density at radius 3 is 2.03 bits per heavy atom. The van der Waals surface area contributed by atoms with E-state index >= 15 is 0 Å². The van der Waals surface area contributed by atoms with Gasteiger partial charge in [-0.1, -0.05) is 40.9 Å². The van der Waals surface area contributed by atoms with Gasteiger partial charge in [-0.05, 0) is 61.5 Å². The number of halogens is 2. The van der Waals surface area contributed by atoms with Crippen LogP contribution in [0.2, 0.25) is 10.0 Å². The number of carbonyl (C=O) groups is 1. The highest BCUT2D eigenvalue weighted by molar-refractivity contribution is 6.32. The summed E-state index contributed by atoms with van der Waals surface area (Å²) < 4.78 is 0. The summed E-state index contributed by atoms with van der Waals surface area (Å²) in [7, 11) is 0. The maximum Gasteiger partial charge on any atom is 0.204 e. The minimum atomic E-state index is -0.267. The Morgan fingerprint density at radius 1 is 0.758 bits per heavy atom. The van der Waals surface area contributed by atoms with Crippen molar-refractivity contribution in [2.45, 2.75) is 6.92 Å². The third kappa shape index (κ3) is 5.37. The zero-order valence-corrected chi connectivity index (χ0v) is 18.9. The number of phenols is 2. The van der Waals surface area contributed by atoms with Crippen LogP contribution in [0.5, 0.6) is 11.5 Å². The van der Waals surface area contributed by atoms with Crippen molar-refractivity contribution in [2.24, 2.45) is 4.99 Å². The van der Waals surface area contributed by atoms with Crippen LogP contribution in [0, 0.1) is 6.92 Å². The van der Waals surface area contributed by atoms with Gasteiger partial charge in [-0.3, -0.25) is 4.79 Å². The van der Waals surface area contributed by atoms with E-state index in [1.54, 1.807) is 18.2 Å². The molecular formula is C25H19Cl2N3O3. The van der Waals surface area contributed by atoms with E-state index < -0.39 is 0 Å². The molecule has 3 aromatic rings. The van der Waals surface area contributed by atoms with E-state index in [4.69, 9.17) is 23.2 Å². The monoisotopic (exact) mass is 479 g/mol. The van der Waals surface area contributed by atoms with Crippen LogP contribution in [0.3, 0.4) is 0 Å². The van der Waals surface area contributed by atoms with Crippen LogP contribution in [0.4, 0.5) is 17.1 Å². The van der Waals surface area contributed by atoms with Gasteiger partial charge in [0.2, 0.25) is 5.78 Å². The number of nitrogens with zero attached hydrogens (tertiary/aromatic N) is 1. The molecule has 0 bridgehead atoms. The fraction of sp³-hybridized carbons (Fsp3) is 0.0400. The van der Waals surface area contributed by atoms with E-state index in [9.17, 15) is 15.0 Å². The lowest BCUT2D eigenvalue weighted by atomic mass is 10.0. The normalized spacial score (nSPS) is 14.6. The Hall–Kier alpha value is -3.74. The number of ketones is 1. The Morgan fingerprint density at radius 2 is 1.36 bits per heavy atom. The Labute approximate surface area is 200 Å². The van der Waals surface area contributed by atoms with Crippen LogP contribution in [0.25, 0.3) is 0 Å². The SMILES string of the molecule is Cc1ccc(NC2=CC(=O)C(Nc3ccc(O)c(Cl)c3)=CC2=Nc2ccc(O)c(Cl)c2)cc1. The maximum atomic E-state index is 12.9. The number of phenolic OH excluding ortho intramolecular Hbond substituents is 2. The molecule has 0 spiro atoms. The van der Waals surface area contributed by atoms with Crippen molar-refractivity contribution in [3.05, 3.63) is 99.8 Å². The summed E-state index contributed by atoms with van der Waals surface area (Å²) in [5.41, 5.74) is 4.20. The highest BCUT2D eigenvalue weighted by Crippen LogP contribution is 2.30. The molecule has 0 unspecified atom stereocenters. The zero-order chi connectivity index (χ0) is 23.5. The van der Waals surface area contributed by atoms with E-state index in [1.165, 1.54) is 30.3 Å². The van der Waals surface area contributed by atoms with Gasteiger partial charge in [-0.2, -0.15) is 0 Å². The number of aryl methyl sites for hydroxylation is 1. The summed E-state index contributed by atoms with van der Waals surface area (Å²) in [6, 6.07) is 16.9. The van der Waals surface area contributed by atoms with Gasteiger partial charge in [0, 0.05) is 17.5 Å². The van der Waals surface area contributed by atoms with Crippen molar-refractivity contribution in [3.63, 3.8) is 0 Å². The molecule has 6 nitrogen and oxygen atoms in total. The predicted octanol–water partition coefficient (Wildman–Crippen LogP) is 6.36. The molecule has 3 aromatic carbocycles. The first-order valence-electron chi connectivity index (χ1n) is 9.93. The molecule has 0 aromatic heterocycles. The number of anilines is 2. The number of hydrogen-bond donors (Lipinski definition) is 4. The zero-order valence-electron chi connectivity index (χ0n) is 17.4. The van der Waals surface area contributed by atoms with Gasteiger partial charge >= 0.3 is 0 Å². The Balaban J connectivity index is 1.71. The molecule has 0 aliphatic heterocycles. The second kappa shape index (κ2) is 9.40. The second-order valence-corrected chi connectivity index (χ2v) is 8.21. The summed E-state index contributed by atoms with van der Waals surface area (Å²) in [5.74, 6) is -0.367. The largest absolute Gasteiger partial charge is 0.506 e. The number of aromatic hydroxyl groups is 2. The number of nitrogens with one attached hydrogen (secondary N) is 2. The molecule has 8 heteroatoms. The fourth-order valence-electron chi connectivity index (χ4n) is 3.10. The molecular weight excluding hydrogens is 461 g/mol. The molecule has 0 fully saturated rings. The molecule has 0 radical (unpaired) electrons. The van der Waals surface area contributed by atoms with Gasteiger partial charge < -0.3 is 20.8 Å². The minimum Gasteiger partial charge on any atom is -0.506 e. The first kappa shape index (κ1) is 22.5. The average molecular weight is 480 g/mol. The maximum absolute atomic E-state index is 12.9. The number of benzene rings is 3. The number of aliphatic imine (C=N–C) groups is 1. The van der Waals surface area contributed by atoms with Crippen molar-refractivity contribution in [3.8, 4) is 11.5 Å². The van der Waals surface area contributed by atoms with Gasteiger partial charge in [0.05, 0.1) is 32.8 Å². The molecule has 0 heterocycles. The number of carbonyl (C=O) groups excluding carboxylic acids is 1. The van der Waals surface area contributed by atoms with E-state index in [1.807, 2.05) is 31.2 Å². The molecule has 166 valence electrons. The van der Waals surface area contributed by atoms with E-state index in [0.717, 1.165) is 11.3 Å². The Bertz CT molecular complexity index is 1330. The standard InChI is InChI=1S/C25H19Cl2N3O3/c1-14-2-4-15(5-3-14)28-21-13-25(33)22(30-17-7-9-24(32)19(27)11-17)12-20(21)29-16-6-8-23(31)18(26)10-16/h2-13,28,30-32H,1H3. The molecule has 1 aliphatic rings. The van der Waals surface area contributed by atoms with Crippen LogP contribution in [-0.2, 0) is 4.79 Å². The Kier molecular flexibility index (Phi) is 6.40. The van der Waals surface area contributed by atoms with Crippen molar-refractivity contribution in [1.29, 1.82) is 0 Å². The van der Waals surface area contributed by atoms with Crippen LogP contribution >= 0.6 is 23.2 Å². The molecule has 0 amide bonds. The lowest BCUT2D eigenvalue weighted by Gasteiger charge is -2.19. The van der Waals surface area contributed by atoms with Gasteiger partial charge in [0.25, 0.3) is 0 Å². The third-order valence-corrected chi connectivity index (χ3v) is 5.44. The first-order valence-corrected chi connectivity index (χ1v) is 10.7. The summed E-state index contributed by atoms with van der Waals surface area (Å²) in [6.07, 6.45) is 3.06. The quantitative estimate of drug-likeness (QED) is 0.252. The van der Waals surface area contributed by atoms with Crippen LogP contribution in [0.15, 0.2) is 89.2 Å². The van der Waals surface area contributed by atoms with Gasteiger partial charge in [-0.15, -0.1) is 0 Å². The van der Waals surface area contributed by atoms with E-state index in [-0.39, 0.29) is 33.0 Å². The summed E-state index contributed by atoms with van der Waals surface area (Å²) in [6.45, 7) is 1.99. The smallest absolute Gasteiger partial charge is 0.204 e. The molecule has 4 N–H and O–H groups in total. The minimum absolute atomic E-state index is 0.0462. The molecule has 4 rings (SSSR count). The molecule has 0 atom stereocenters. The third-order valence-electron chi connectivity index (χ3n) is 4.84. The topological polar surface area (TPSA) is 94.0 Å². The second-order valence-electron chi connectivity index (χ2n) is 7.40. The van der Waals surface area contributed by atoms with Gasteiger partial charge in [-0.25, -0.2) is 4.99 Å². The molecule has 0 saturated carbocycles. The first-order chi connectivity index (χ1) is 15.8. The van der Waals surface area contributed by atoms with Gasteiger partial charge in [0.1, 0.15) is 11.5 Å². The highest BCUT2D eigenvalue weighted by Gasteiger charge is 2.20. The lowest BCUT2D eigenvalue weighted by molar-refractivity contribution is -0.111. The summed E-state index contributed by atoms with van der Waals surface area (Å²) in [5, 5.41) is 25.9. The number of allylic oxidation sites excluding steroid dienone is 2. The van der Waals surface area contributed by atoms with Crippen molar-refractivity contribution in [1.82, 2.24) is 0 Å². The summed E-state index contributed by atoms with van der Waals surface area (Å²) in [4.78, 5) is 17.5. The molecule has 1 aliphatic carbocycles. The number of hydrogen-bond acceptors (Lipinski definition) is 6. The molecule has 33 heavy (non-hydrogen) atoms. The van der Waals surface area contributed by atoms with Crippen molar-refractivity contribution >= 4 is 51.8 Å². The fourth-order valence-corrected chi connectivity index (χ4v) is 3.45. The van der Waals surface area contributed by atoms with E-state index in [0.29, 0.717) is 22.8 Å². The highest BCUT2D eigenvalue weighted by atomic mass is 35.5. The predicted molar refractivity (Wildman–Crippen MR) is 133 cm³/mol. The number of rotatable bonds is 5. The van der Waals surface area contributed by atoms with Gasteiger partial charge in [0.15, 0.2) is 0 Å². The van der Waals surface area contributed by atoms with Crippen LogP contribution < -0.4 is 10.6 Å². The molecule has 0 saturated heterocycles. The lowest BCUT2D eigenvalue weighted by Crippen LogP contribution is -2.22. The van der Waals surface area contributed by atoms with Crippen molar-refractivity contribution < 1.29 is 15.0 Å². The average Bonchev–Trinajstić information content (AvgIpc) is 2.78. The van der Waals surface area contributed by atoms with Crippen LogP contribution in [-0.4, -0.2) is 21.7 Å². The van der Waals surface area contributed by atoms with E-state index in [2.05, 4.69) is 15.6 Å².